The molecule has 0 atom stereocenters. The predicted octanol–water partition coefficient (Wildman–Crippen LogP) is 5.43. The summed E-state index contributed by atoms with van der Waals surface area (Å²) in [4.78, 5) is 17.7. The van der Waals surface area contributed by atoms with Crippen LogP contribution in [0.5, 0.6) is 5.75 Å². The molecule has 0 saturated carbocycles. The number of rotatable bonds is 5. The molecule has 1 aromatic heterocycles. The lowest BCUT2D eigenvalue weighted by molar-refractivity contribution is -0.111. The second-order valence-electron chi connectivity index (χ2n) is 5.53. The Kier molecular flexibility index (Phi) is 5.71. The fourth-order valence-electron chi connectivity index (χ4n) is 2.36. The smallest absolute Gasteiger partial charge is 0.250 e. The summed E-state index contributed by atoms with van der Waals surface area (Å²) in [6, 6.07) is 14.9. The molecule has 26 heavy (non-hydrogen) atoms. The topological polar surface area (TPSA) is 51.2 Å². The van der Waals surface area contributed by atoms with Gasteiger partial charge in [-0.05, 0) is 55.0 Å². The molecular formula is C20H17ClN2O2S. The molecule has 0 aliphatic carbocycles. The van der Waals surface area contributed by atoms with Crippen LogP contribution < -0.4 is 10.1 Å². The van der Waals surface area contributed by atoms with Gasteiger partial charge in [0.25, 0.3) is 0 Å². The molecule has 0 bridgehead atoms. The van der Waals surface area contributed by atoms with Crippen LogP contribution in [0.15, 0.2) is 54.6 Å². The Morgan fingerprint density at radius 2 is 1.85 bits per heavy atom. The predicted molar refractivity (Wildman–Crippen MR) is 108 cm³/mol. The van der Waals surface area contributed by atoms with Gasteiger partial charge < -0.3 is 4.74 Å². The number of carbonyl (C=O) groups excluding carboxylic acids is 1. The molecule has 1 heterocycles. The maximum Gasteiger partial charge on any atom is 0.250 e. The van der Waals surface area contributed by atoms with E-state index >= 15 is 0 Å². The molecule has 0 saturated heterocycles. The third-order valence-electron chi connectivity index (χ3n) is 3.69. The summed E-state index contributed by atoms with van der Waals surface area (Å²) in [6.07, 6.45) is 3.21. The molecule has 3 rings (SSSR count). The summed E-state index contributed by atoms with van der Waals surface area (Å²) >= 11 is 7.29. The van der Waals surface area contributed by atoms with Crippen molar-refractivity contribution in [1.29, 1.82) is 0 Å². The number of aromatic nitrogens is 1. The number of methoxy groups -OCH3 is 1. The van der Waals surface area contributed by atoms with E-state index in [0.29, 0.717) is 10.2 Å². The molecule has 4 nitrogen and oxygen atoms in total. The van der Waals surface area contributed by atoms with Crippen LogP contribution in [-0.4, -0.2) is 18.0 Å². The number of ether oxygens (including phenoxy) is 1. The Hall–Kier alpha value is -2.63. The monoisotopic (exact) mass is 384 g/mol. The minimum Gasteiger partial charge on any atom is -0.497 e. The second kappa shape index (κ2) is 8.17. The molecule has 6 heteroatoms. The third-order valence-corrected chi connectivity index (χ3v) is 4.83. The number of anilines is 1. The van der Waals surface area contributed by atoms with Crippen molar-refractivity contribution >= 4 is 40.1 Å². The highest BCUT2D eigenvalue weighted by atomic mass is 35.5. The summed E-state index contributed by atoms with van der Waals surface area (Å²) in [6.45, 7) is 1.98. The summed E-state index contributed by atoms with van der Waals surface area (Å²) in [5, 5.41) is 4.04. The molecular weight excluding hydrogens is 368 g/mol. The molecule has 0 radical (unpaired) electrons. The molecule has 0 aliphatic rings. The van der Waals surface area contributed by atoms with Crippen LogP contribution in [0.25, 0.3) is 17.3 Å². The van der Waals surface area contributed by atoms with Gasteiger partial charge in [0.15, 0.2) is 5.13 Å². The van der Waals surface area contributed by atoms with E-state index in [2.05, 4.69) is 10.3 Å². The average Bonchev–Trinajstić information content (AvgIpc) is 3.01. The zero-order chi connectivity index (χ0) is 18.5. The number of aryl methyl sites for hydroxylation is 1. The van der Waals surface area contributed by atoms with Crippen molar-refractivity contribution in [2.45, 2.75) is 6.92 Å². The van der Waals surface area contributed by atoms with Crippen LogP contribution in [-0.2, 0) is 4.79 Å². The van der Waals surface area contributed by atoms with Gasteiger partial charge in [-0.1, -0.05) is 23.7 Å². The lowest BCUT2D eigenvalue weighted by atomic mass is 10.1. The fraction of sp³-hybridized carbons (Fsp3) is 0.100. The molecule has 2 aromatic carbocycles. The quantitative estimate of drug-likeness (QED) is 0.596. The Balaban J connectivity index is 1.70. The number of halogens is 1. The average molecular weight is 385 g/mol. The zero-order valence-electron chi connectivity index (χ0n) is 14.3. The van der Waals surface area contributed by atoms with Gasteiger partial charge in [-0.2, -0.15) is 0 Å². The number of hydrogen-bond donors (Lipinski definition) is 1. The summed E-state index contributed by atoms with van der Waals surface area (Å²) in [5.74, 6) is 0.567. The van der Waals surface area contributed by atoms with Gasteiger partial charge in [-0.3, -0.25) is 10.1 Å². The minimum absolute atomic E-state index is 0.227. The Labute approximate surface area is 161 Å². The van der Waals surface area contributed by atoms with Crippen LogP contribution in [0.1, 0.15) is 10.4 Å². The zero-order valence-corrected chi connectivity index (χ0v) is 15.9. The standard InChI is InChI=1S/C20H17ClN2O2S/c1-13-19(15-6-10-17(25-2)11-7-15)23-20(26-13)22-18(24)12-5-14-3-8-16(21)9-4-14/h3-12H,1-2H3,(H,22,23,24)/b12-5+. The minimum atomic E-state index is -0.227. The van der Waals surface area contributed by atoms with Crippen LogP contribution >= 0.6 is 22.9 Å². The first-order valence-corrected chi connectivity index (χ1v) is 9.11. The Morgan fingerprint density at radius 3 is 2.50 bits per heavy atom. The van der Waals surface area contributed by atoms with Crippen molar-refractivity contribution in [2.75, 3.05) is 12.4 Å². The largest absolute Gasteiger partial charge is 0.497 e. The summed E-state index contributed by atoms with van der Waals surface area (Å²) in [7, 11) is 1.63. The number of nitrogens with one attached hydrogen (secondary N) is 1. The summed E-state index contributed by atoms with van der Waals surface area (Å²) in [5.41, 5.74) is 2.74. The number of thiazole rings is 1. The maximum absolute atomic E-state index is 12.1. The molecule has 1 amide bonds. The molecule has 132 valence electrons. The van der Waals surface area contributed by atoms with E-state index in [1.165, 1.54) is 17.4 Å². The van der Waals surface area contributed by atoms with Crippen molar-refractivity contribution in [1.82, 2.24) is 4.98 Å². The van der Waals surface area contributed by atoms with E-state index in [4.69, 9.17) is 16.3 Å². The highest BCUT2D eigenvalue weighted by molar-refractivity contribution is 7.16. The van der Waals surface area contributed by atoms with E-state index in [1.54, 1.807) is 25.3 Å². The van der Waals surface area contributed by atoms with Gasteiger partial charge in [0.2, 0.25) is 5.91 Å². The fourth-order valence-corrected chi connectivity index (χ4v) is 3.32. The highest BCUT2D eigenvalue weighted by Crippen LogP contribution is 2.31. The number of carbonyl (C=O) groups is 1. The molecule has 3 aromatic rings. The Bertz CT molecular complexity index is 931. The number of nitrogens with zero attached hydrogens (tertiary/aromatic N) is 1. The maximum atomic E-state index is 12.1. The molecule has 0 spiro atoms. The van der Waals surface area contributed by atoms with E-state index in [-0.39, 0.29) is 5.91 Å². The van der Waals surface area contributed by atoms with Gasteiger partial charge in [0.1, 0.15) is 5.75 Å². The Morgan fingerprint density at radius 1 is 1.15 bits per heavy atom. The number of hydrogen-bond acceptors (Lipinski definition) is 4. The molecule has 0 aliphatic heterocycles. The first-order valence-electron chi connectivity index (χ1n) is 7.91. The number of benzene rings is 2. The van der Waals surface area contributed by atoms with Gasteiger partial charge in [0, 0.05) is 21.5 Å². The number of amides is 1. The van der Waals surface area contributed by atoms with E-state index < -0.39 is 0 Å². The van der Waals surface area contributed by atoms with Gasteiger partial charge in [-0.25, -0.2) is 4.98 Å². The third kappa shape index (κ3) is 4.50. The van der Waals surface area contributed by atoms with Crippen LogP contribution in [0.2, 0.25) is 5.02 Å². The van der Waals surface area contributed by atoms with Crippen molar-refractivity contribution in [3.05, 3.63) is 70.1 Å². The van der Waals surface area contributed by atoms with Crippen molar-refractivity contribution in [3.8, 4) is 17.0 Å². The lowest BCUT2D eigenvalue weighted by Gasteiger charge is -2.01. The van der Waals surface area contributed by atoms with Crippen LogP contribution in [0.3, 0.4) is 0 Å². The lowest BCUT2D eigenvalue weighted by Crippen LogP contribution is -2.07. The first kappa shape index (κ1) is 18.2. The second-order valence-corrected chi connectivity index (χ2v) is 7.17. The summed E-state index contributed by atoms with van der Waals surface area (Å²) < 4.78 is 5.17. The van der Waals surface area contributed by atoms with E-state index in [1.807, 2.05) is 43.3 Å². The van der Waals surface area contributed by atoms with Crippen molar-refractivity contribution < 1.29 is 9.53 Å². The van der Waals surface area contributed by atoms with Gasteiger partial charge in [-0.15, -0.1) is 11.3 Å². The molecule has 1 N–H and O–H groups in total. The molecule has 0 fully saturated rings. The van der Waals surface area contributed by atoms with Crippen molar-refractivity contribution in [3.63, 3.8) is 0 Å². The van der Waals surface area contributed by atoms with E-state index in [9.17, 15) is 4.79 Å². The van der Waals surface area contributed by atoms with E-state index in [0.717, 1.165) is 27.4 Å². The van der Waals surface area contributed by atoms with Crippen LogP contribution in [0.4, 0.5) is 5.13 Å². The SMILES string of the molecule is COc1ccc(-c2nc(NC(=O)/C=C/c3ccc(Cl)cc3)sc2C)cc1. The highest BCUT2D eigenvalue weighted by Gasteiger charge is 2.11. The van der Waals surface area contributed by atoms with Gasteiger partial charge in [0.05, 0.1) is 12.8 Å². The first-order chi connectivity index (χ1) is 12.5. The van der Waals surface area contributed by atoms with Crippen molar-refractivity contribution in [2.24, 2.45) is 0 Å². The normalized spacial score (nSPS) is 10.9. The molecule has 0 unspecified atom stereocenters. The van der Waals surface area contributed by atoms with Crippen LogP contribution in [0, 0.1) is 6.92 Å². The van der Waals surface area contributed by atoms with Gasteiger partial charge >= 0.3 is 0 Å².